The Kier molecular flexibility index (Phi) is 6.21. The van der Waals surface area contributed by atoms with Gasteiger partial charge in [-0.25, -0.2) is 9.07 Å². The van der Waals surface area contributed by atoms with Crippen molar-refractivity contribution in [2.24, 2.45) is 0 Å². The van der Waals surface area contributed by atoms with Crippen LogP contribution in [0.2, 0.25) is 5.02 Å². The summed E-state index contributed by atoms with van der Waals surface area (Å²) in [6.07, 6.45) is 5.80. The average Bonchev–Trinajstić information content (AvgIpc) is 3.60. The minimum absolute atomic E-state index is 0.277. The van der Waals surface area contributed by atoms with E-state index in [9.17, 15) is 9.65 Å². The number of pyridine rings is 1. The largest absolute Gasteiger partial charge is 0.382 e. The number of hydrogen-bond acceptors (Lipinski definition) is 7. The molecule has 1 unspecified atom stereocenters. The van der Waals surface area contributed by atoms with Crippen LogP contribution in [0.15, 0.2) is 48.8 Å². The van der Waals surface area contributed by atoms with Crippen molar-refractivity contribution < 1.29 is 4.39 Å². The molecule has 5 rings (SSSR count). The molecule has 11 heteroatoms. The number of halogens is 2. The van der Waals surface area contributed by atoms with Crippen molar-refractivity contribution in [2.75, 3.05) is 17.2 Å². The van der Waals surface area contributed by atoms with Crippen LogP contribution in [0.1, 0.15) is 42.1 Å². The number of benzene rings is 2. The highest BCUT2D eigenvalue weighted by molar-refractivity contribution is 6.36. The van der Waals surface area contributed by atoms with Crippen LogP contribution in [0.5, 0.6) is 0 Å². The first-order chi connectivity index (χ1) is 17.4. The van der Waals surface area contributed by atoms with E-state index >= 15 is 0 Å². The Balaban J connectivity index is 1.62. The predicted octanol–water partition coefficient (Wildman–Crippen LogP) is 4.10. The van der Waals surface area contributed by atoms with Crippen LogP contribution in [0.4, 0.5) is 15.8 Å². The summed E-state index contributed by atoms with van der Waals surface area (Å²) in [5.74, 6) is -0.334. The molecular formula is C25H21BClFN8. The van der Waals surface area contributed by atoms with E-state index in [1.54, 1.807) is 18.2 Å². The van der Waals surface area contributed by atoms with Gasteiger partial charge in [0.05, 0.1) is 52.0 Å². The van der Waals surface area contributed by atoms with Gasteiger partial charge in [0.25, 0.3) is 0 Å². The third-order valence-electron chi connectivity index (χ3n) is 6.34. The molecule has 2 aromatic carbocycles. The highest BCUT2D eigenvalue weighted by Crippen LogP contribution is 2.38. The fraction of sp³-hybridized carbons (Fsp3) is 0.240. The van der Waals surface area contributed by atoms with Gasteiger partial charge >= 0.3 is 0 Å². The molecule has 1 atom stereocenters. The Hall–Kier alpha value is -4.15. The third-order valence-corrected chi connectivity index (χ3v) is 6.63. The molecule has 2 N–H and O–H groups in total. The fourth-order valence-electron chi connectivity index (χ4n) is 4.23. The second-order valence-electron chi connectivity index (χ2n) is 8.92. The molecule has 2 aromatic heterocycles. The molecule has 1 aliphatic carbocycles. The lowest BCUT2D eigenvalue weighted by molar-refractivity contribution is 0.610. The van der Waals surface area contributed by atoms with Gasteiger partial charge in [-0.05, 0) is 42.7 Å². The Morgan fingerprint density at radius 2 is 2.00 bits per heavy atom. The smallest absolute Gasteiger partial charge is 0.148 e. The molecule has 1 aliphatic rings. The Labute approximate surface area is 213 Å². The van der Waals surface area contributed by atoms with Crippen LogP contribution in [-0.4, -0.2) is 34.4 Å². The summed E-state index contributed by atoms with van der Waals surface area (Å²) in [6.45, 7) is 0.372. The first-order valence-corrected chi connectivity index (χ1v) is 11.9. The van der Waals surface area contributed by atoms with Crippen molar-refractivity contribution in [2.45, 2.75) is 30.7 Å². The van der Waals surface area contributed by atoms with Crippen molar-refractivity contribution in [1.82, 2.24) is 20.0 Å². The van der Waals surface area contributed by atoms with Crippen molar-refractivity contribution in [3.8, 4) is 12.1 Å². The topological polar surface area (TPSA) is 115 Å². The number of nitrogens with zero attached hydrogens (tertiary/aromatic N) is 6. The number of hydrogen-bond donors (Lipinski definition) is 2. The van der Waals surface area contributed by atoms with Crippen LogP contribution >= 0.6 is 11.6 Å². The normalized spacial score (nSPS) is 14.6. The maximum absolute atomic E-state index is 13.8. The van der Waals surface area contributed by atoms with Crippen molar-refractivity contribution in [3.05, 3.63) is 76.5 Å². The zero-order valence-electron chi connectivity index (χ0n) is 19.5. The molecule has 0 amide bonds. The Bertz CT molecular complexity index is 1520. The molecule has 0 radical (unpaired) electrons. The lowest BCUT2D eigenvalue weighted by atomic mass is 9.69. The van der Waals surface area contributed by atoms with Gasteiger partial charge in [0.2, 0.25) is 0 Å². The number of aromatic nitrogens is 4. The minimum atomic E-state index is -0.869. The lowest BCUT2D eigenvalue weighted by Gasteiger charge is -2.31. The van der Waals surface area contributed by atoms with Crippen molar-refractivity contribution >= 4 is 41.7 Å². The second kappa shape index (κ2) is 9.48. The summed E-state index contributed by atoms with van der Waals surface area (Å²) in [6, 6.07) is 14.5. The van der Waals surface area contributed by atoms with E-state index in [-0.39, 0.29) is 12.2 Å². The molecule has 0 spiro atoms. The van der Waals surface area contributed by atoms with Gasteiger partial charge in [-0.2, -0.15) is 10.5 Å². The van der Waals surface area contributed by atoms with Crippen LogP contribution in [0.25, 0.3) is 10.9 Å². The van der Waals surface area contributed by atoms with Gasteiger partial charge in [0, 0.05) is 23.8 Å². The van der Waals surface area contributed by atoms with Crippen LogP contribution in [-0.2, 0) is 5.44 Å². The number of fused-ring (bicyclic) bond motifs is 1. The van der Waals surface area contributed by atoms with Crippen LogP contribution in [0.3, 0.4) is 0 Å². The van der Waals surface area contributed by atoms with E-state index in [1.807, 2.05) is 24.8 Å². The Morgan fingerprint density at radius 1 is 1.22 bits per heavy atom. The van der Waals surface area contributed by atoms with E-state index in [0.717, 1.165) is 18.4 Å². The molecule has 0 aliphatic heterocycles. The predicted molar refractivity (Wildman–Crippen MR) is 138 cm³/mol. The second-order valence-corrected chi connectivity index (χ2v) is 9.33. The lowest BCUT2D eigenvalue weighted by Crippen LogP contribution is -2.37. The first-order valence-electron chi connectivity index (χ1n) is 11.5. The summed E-state index contributed by atoms with van der Waals surface area (Å²) in [7, 11) is 1.95. The monoisotopic (exact) mass is 498 g/mol. The van der Waals surface area contributed by atoms with Gasteiger partial charge in [0.15, 0.2) is 0 Å². The van der Waals surface area contributed by atoms with Crippen molar-refractivity contribution in [3.63, 3.8) is 0 Å². The third kappa shape index (κ3) is 4.44. The fourth-order valence-corrected chi connectivity index (χ4v) is 4.50. The molecule has 2 heterocycles. The van der Waals surface area contributed by atoms with Crippen LogP contribution in [0, 0.1) is 28.5 Å². The number of rotatable bonds is 8. The average molecular weight is 499 g/mol. The molecule has 1 saturated carbocycles. The van der Waals surface area contributed by atoms with E-state index in [4.69, 9.17) is 16.9 Å². The number of anilines is 2. The molecule has 8 nitrogen and oxygen atoms in total. The Morgan fingerprint density at radius 3 is 2.69 bits per heavy atom. The first kappa shape index (κ1) is 23.6. The molecule has 1 fully saturated rings. The van der Waals surface area contributed by atoms with Gasteiger partial charge in [0.1, 0.15) is 25.4 Å². The number of nitriles is 2. The van der Waals surface area contributed by atoms with Gasteiger partial charge in [-0.1, -0.05) is 28.9 Å². The molecule has 0 bridgehead atoms. The van der Waals surface area contributed by atoms with E-state index < -0.39 is 5.44 Å². The van der Waals surface area contributed by atoms with Gasteiger partial charge in [-0.15, -0.1) is 5.10 Å². The van der Waals surface area contributed by atoms with Crippen LogP contribution < -0.4 is 10.6 Å². The van der Waals surface area contributed by atoms with Gasteiger partial charge < -0.3 is 10.6 Å². The minimum Gasteiger partial charge on any atom is -0.382 e. The maximum atomic E-state index is 13.8. The van der Waals surface area contributed by atoms with Gasteiger partial charge in [-0.3, -0.25) is 4.98 Å². The maximum Gasteiger partial charge on any atom is 0.148 e. The highest BCUT2D eigenvalue weighted by Gasteiger charge is 2.34. The summed E-state index contributed by atoms with van der Waals surface area (Å²) in [4.78, 5) is 4.38. The highest BCUT2D eigenvalue weighted by atomic mass is 35.5. The summed E-state index contributed by atoms with van der Waals surface area (Å²) < 4.78 is 15.6. The molecular weight excluding hydrogens is 478 g/mol. The zero-order chi connectivity index (χ0) is 25.3. The summed E-state index contributed by atoms with van der Waals surface area (Å²) in [5, 5.41) is 35.1. The number of nitrogens with one attached hydrogen (secondary N) is 2. The molecule has 4 aromatic rings. The molecule has 0 saturated heterocycles. The summed E-state index contributed by atoms with van der Waals surface area (Å²) in [5.41, 5.74) is 2.69. The zero-order valence-corrected chi connectivity index (χ0v) is 20.2. The van der Waals surface area contributed by atoms with E-state index in [1.165, 1.54) is 18.3 Å². The summed E-state index contributed by atoms with van der Waals surface area (Å²) >= 11 is 6.64. The molecule has 36 heavy (non-hydrogen) atoms. The van der Waals surface area contributed by atoms with E-state index in [0.29, 0.717) is 51.1 Å². The van der Waals surface area contributed by atoms with E-state index in [2.05, 4.69) is 38.1 Å². The van der Waals surface area contributed by atoms with Crippen molar-refractivity contribution in [1.29, 1.82) is 10.5 Å². The quantitative estimate of drug-likeness (QED) is 0.278. The SMILES string of the molecule is BC(Nc1cc(Cl)c2ncc(C#N)c(NCCC#N)c2c1)(c1ccc(F)cc1)c1cn(C2CC2)nn1. The standard InChI is InChI=1S/C25H21BClFN8/c26-25(16-2-4-17(28)5-3-16,22-14-36(35-34-22)19-6-7-19)33-18-10-20-23(31-9-1-8-29)15(12-30)13-32-24(20)21(27)11-18/h2-5,10-11,13-14,19,33H,1,6-7,9,26H2,(H,31,32). The molecule has 178 valence electrons.